The van der Waals surface area contributed by atoms with Crippen LogP contribution >= 0.6 is 0 Å². The number of benzene rings is 1. The monoisotopic (exact) mass is 236 g/mol. The average Bonchev–Trinajstić information content (AvgIpc) is 2.28. The molecule has 0 saturated heterocycles. The van der Waals surface area contributed by atoms with E-state index in [1.807, 2.05) is 13.0 Å². The summed E-state index contributed by atoms with van der Waals surface area (Å²) in [5.74, 6) is 0.904. The number of hydrogen-bond donors (Lipinski definition) is 0. The quantitative estimate of drug-likeness (QED) is 0.754. The fraction of sp³-hybridized carbons (Fsp3) is 0.500. The highest BCUT2D eigenvalue weighted by molar-refractivity contribution is 5.74. The summed E-state index contributed by atoms with van der Waals surface area (Å²) >= 11 is 0. The normalized spacial score (nSPS) is 10.5. The summed E-state index contributed by atoms with van der Waals surface area (Å²) in [6.45, 7) is 6.18. The van der Waals surface area contributed by atoms with Crippen molar-refractivity contribution in [3.63, 3.8) is 0 Å². The van der Waals surface area contributed by atoms with Crippen molar-refractivity contribution in [1.29, 1.82) is 0 Å². The third-order valence-electron chi connectivity index (χ3n) is 2.87. The minimum Gasteiger partial charge on any atom is -0.496 e. The van der Waals surface area contributed by atoms with Crippen molar-refractivity contribution >= 4 is 5.97 Å². The van der Waals surface area contributed by atoms with Crippen LogP contribution in [0.2, 0.25) is 0 Å². The summed E-state index contributed by atoms with van der Waals surface area (Å²) in [6.07, 6.45) is 0.259. The van der Waals surface area contributed by atoms with E-state index in [4.69, 9.17) is 9.47 Å². The number of hydrogen-bond acceptors (Lipinski definition) is 3. The summed E-state index contributed by atoms with van der Waals surface area (Å²) in [4.78, 5) is 11.5. The maximum absolute atomic E-state index is 11.5. The second-order valence-electron chi connectivity index (χ2n) is 4.39. The Labute approximate surface area is 103 Å². The lowest BCUT2D eigenvalue weighted by molar-refractivity contribution is -0.139. The first kappa shape index (κ1) is 13.6. The van der Waals surface area contributed by atoms with Crippen LogP contribution in [0.3, 0.4) is 0 Å². The molecular formula is C14H20O3. The first-order valence-electron chi connectivity index (χ1n) is 5.74. The highest BCUT2D eigenvalue weighted by atomic mass is 16.5. The molecule has 0 bridgehead atoms. The van der Waals surface area contributed by atoms with Crippen molar-refractivity contribution in [3.05, 3.63) is 28.8 Å². The van der Waals surface area contributed by atoms with Gasteiger partial charge in [-0.25, -0.2) is 0 Å². The fourth-order valence-electron chi connectivity index (χ4n) is 1.98. The molecule has 1 aromatic carbocycles. The van der Waals surface area contributed by atoms with Crippen molar-refractivity contribution in [1.82, 2.24) is 0 Å². The largest absolute Gasteiger partial charge is 0.496 e. The Morgan fingerprint density at radius 2 is 1.94 bits per heavy atom. The highest BCUT2D eigenvalue weighted by Crippen LogP contribution is 2.31. The molecule has 94 valence electrons. The maximum atomic E-state index is 11.5. The maximum Gasteiger partial charge on any atom is 0.310 e. The van der Waals surface area contributed by atoms with Gasteiger partial charge in [-0.05, 0) is 24.0 Å². The van der Waals surface area contributed by atoms with Gasteiger partial charge in [0.05, 0.1) is 20.6 Å². The molecule has 0 aliphatic heterocycles. The lowest BCUT2D eigenvalue weighted by Gasteiger charge is -2.17. The summed E-state index contributed by atoms with van der Waals surface area (Å²) in [6, 6.07) is 4.08. The Kier molecular flexibility index (Phi) is 4.55. The average molecular weight is 236 g/mol. The highest BCUT2D eigenvalue weighted by Gasteiger charge is 2.17. The lowest BCUT2D eigenvalue weighted by atomic mass is 9.92. The Hall–Kier alpha value is -1.51. The molecule has 0 saturated carbocycles. The number of ether oxygens (including phenoxy) is 2. The third kappa shape index (κ3) is 2.99. The minimum absolute atomic E-state index is 0.240. The van der Waals surface area contributed by atoms with Crippen molar-refractivity contribution in [3.8, 4) is 5.75 Å². The zero-order valence-electron chi connectivity index (χ0n) is 11.2. The number of esters is 1. The first-order chi connectivity index (χ1) is 8.01. The van der Waals surface area contributed by atoms with Crippen LogP contribution in [0.15, 0.2) is 12.1 Å². The van der Waals surface area contributed by atoms with E-state index < -0.39 is 0 Å². The predicted octanol–water partition coefficient (Wildman–Crippen LogP) is 2.84. The molecule has 0 heterocycles. The van der Waals surface area contributed by atoms with Crippen molar-refractivity contribution < 1.29 is 14.3 Å². The van der Waals surface area contributed by atoms with E-state index in [1.165, 1.54) is 7.11 Å². The van der Waals surface area contributed by atoms with Gasteiger partial charge in [-0.3, -0.25) is 4.79 Å². The first-order valence-corrected chi connectivity index (χ1v) is 5.74. The molecule has 3 nitrogen and oxygen atoms in total. The zero-order valence-corrected chi connectivity index (χ0v) is 11.2. The number of methoxy groups -OCH3 is 2. The van der Waals surface area contributed by atoms with E-state index in [0.717, 1.165) is 22.4 Å². The Morgan fingerprint density at radius 3 is 2.41 bits per heavy atom. The molecule has 1 rings (SSSR count). The van der Waals surface area contributed by atoms with E-state index in [9.17, 15) is 4.79 Å². The van der Waals surface area contributed by atoms with Gasteiger partial charge >= 0.3 is 5.97 Å². The Bertz CT molecular complexity index is 408. The summed E-state index contributed by atoms with van der Waals surface area (Å²) in [5.41, 5.74) is 3.11. The Morgan fingerprint density at radius 1 is 1.29 bits per heavy atom. The van der Waals surface area contributed by atoms with Crippen LogP contribution in [0.5, 0.6) is 5.75 Å². The van der Waals surface area contributed by atoms with Crippen LogP contribution in [0.4, 0.5) is 0 Å². The minimum atomic E-state index is -0.240. The second-order valence-corrected chi connectivity index (χ2v) is 4.39. The van der Waals surface area contributed by atoms with Gasteiger partial charge in [-0.2, -0.15) is 0 Å². The predicted molar refractivity (Wildman–Crippen MR) is 67.5 cm³/mol. The lowest BCUT2D eigenvalue weighted by Crippen LogP contribution is -2.10. The van der Waals surface area contributed by atoms with E-state index in [-0.39, 0.29) is 12.4 Å². The molecule has 0 aliphatic carbocycles. The van der Waals surface area contributed by atoms with E-state index in [0.29, 0.717) is 5.92 Å². The number of rotatable bonds is 4. The topological polar surface area (TPSA) is 35.5 Å². The molecule has 0 amide bonds. The van der Waals surface area contributed by atoms with Crippen molar-refractivity contribution in [2.24, 2.45) is 0 Å². The second kappa shape index (κ2) is 5.71. The van der Waals surface area contributed by atoms with Crippen LogP contribution in [-0.4, -0.2) is 20.2 Å². The molecule has 17 heavy (non-hydrogen) atoms. The Balaban J connectivity index is 3.28. The standard InChI is InChI=1S/C14H20O3/c1-9(2)11-7-6-10(3)14(17-5)12(11)8-13(15)16-4/h6-7,9H,8H2,1-5H3. The van der Waals surface area contributed by atoms with Gasteiger partial charge in [0.25, 0.3) is 0 Å². The van der Waals surface area contributed by atoms with Gasteiger partial charge in [0.15, 0.2) is 0 Å². The summed E-state index contributed by atoms with van der Waals surface area (Å²) in [5, 5.41) is 0. The number of carbonyl (C=O) groups excluding carboxylic acids is 1. The number of carbonyl (C=O) groups is 1. The summed E-state index contributed by atoms with van der Waals surface area (Å²) < 4.78 is 10.1. The molecule has 3 heteroatoms. The zero-order chi connectivity index (χ0) is 13.0. The van der Waals surface area contributed by atoms with Crippen LogP contribution in [0.25, 0.3) is 0 Å². The smallest absolute Gasteiger partial charge is 0.310 e. The third-order valence-corrected chi connectivity index (χ3v) is 2.87. The molecule has 0 unspecified atom stereocenters. The van der Waals surface area contributed by atoms with E-state index in [2.05, 4.69) is 19.9 Å². The molecule has 0 aliphatic rings. The molecule has 0 N–H and O–H groups in total. The van der Waals surface area contributed by atoms with E-state index in [1.54, 1.807) is 7.11 Å². The van der Waals surface area contributed by atoms with Crippen LogP contribution in [-0.2, 0) is 16.0 Å². The van der Waals surface area contributed by atoms with Gasteiger partial charge in [-0.1, -0.05) is 26.0 Å². The van der Waals surface area contributed by atoms with Gasteiger partial charge in [0.1, 0.15) is 5.75 Å². The molecule has 0 atom stereocenters. The van der Waals surface area contributed by atoms with Crippen LogP contribution in [0, 0.1) is 6.92 Å². The van der Waals surface area contributed by atoms with Crippen LogP contribution < -0.4 is 4.74 Å². The van der Waals surface area contributed by atoms with Gasteiger partial charge in [-0.15, -0.1) is 0 Å². The van der Waals surface area contributed by atoms with Gasteiger partial charge in [0, 0.05) is 5.56 Å². The summed E-state index contributed by atoms with van der Waals surface area (Å²) in [7, 11) is 3.03. The molecular weight excluding hydrogens is 216 g/mol. The van der Waals surface area contributed by atoms with Crippen molar-refractivity contribution in [2.45, 2.75) is 33.1 Å². The fourth-order valence-corrected chi connectivity index (χ4v) is 1.98. The molecule has 0 radical (unpaired) electrons. The number of aryl methyl sites for hydroxylation is 1. The molecule has 0 spiro atoms. The van der Waals surface area contributed by atoms with E-state index >= 15 is 0 Å². The van der Waals surface area contributed by atoms with Gasteiger partial charge in [0.2, 0.25) is 0 Å². The van der Waals surface area contributed by atoms with Crippen molar-refractivity contribution in [2.75, 3.05) is 14.2 Å². The van der Waals surface area contributed by atoms with Gasteiger partial charge < -0.3 is 9.47 Å². The molecule has 0 fully saturated rings. The van der Waals surface area contributed by atoms with Crippen LogP contribution in [0.1, 0.15) is 36.5 Å². The molecule has 0 aromatic heterocycles. The SMILES string of the molecule is COC(=O)Cc1c(C(C)C)ccc(C)c1OC. The molecule has 1 aromatic rings.